The van der Waals surface area contributed by atoms with Gasteiger partial charge in [0.25, 0.3) is 0 Å². The average molecular weight is 322 g/mol. The fourth-order valence-corrected chi connectivity index (χ4v) is 3.30. The molecule has 0 aromatic carbocycles. The molecule has 0 aliphatic heterocycles. The predicted octanol–water partition coefficient (Wildman–Crippen LogP) is 2.65. The van der Waals surface area contributed by atoms with Crippen molar-refractivity contribution >= 4 is 29.0 Å². The molecule has 112 valence electrons. The smallest absolute Gasteiger partial charge is 0.220 e. The van der Waals surface area contributed by atoms with Crippen LogP contribution in [0.25, 0.3) is 0 Å². The standard InChI is InChI=1S/C15H18N2O2S2/c1-15(19,12-5-8-20-10-12)11-17-13(18)6-9-21-14-4-2-3-7-16-14/h2-5,7-8,10,19H,6,9,11H2,1H3,(H,17,18). The van der Waals surface area contributed by atoms with E-state index in [-0.39, 0.29) is 12.5 Å². The Balaban J connectivity index is 1.70. The van der Waals surface area contributed by atoms with Crippen LogP contribution in [0.4, 0.5) is 0 Å². The first-order valence-corrected chi connectivity index (χ1v) is 8.56. The molecule has 2 heterocycles. The summed E-state index contributed by atoms with van der Waals surface area (Å²) >= 11 is 3.08. The highest BCUT2D eigenvalue weighted by Crippen LogP contribution is 2.22. The number of carbonyl (C=O) groups is 1. The Hall–Kier alpha value is -1.37. The first-order valence-electron chi connectivity index (χ1n) is 6.63. The Morgan fingerprint density at radius 3 is 3.00 bits per heavy atom. The SMILES string of the molecule is CC(O)(CNC(=O)CCSc1ccccn1)c1ccsc1. The molecule has 6 heteroatoms. The minimum atomic E-state index is -1.02. The van der Waals surface area contributed by atoms with Gasteiger partial charge in [0.15, 0.2) is 0 Å². The van der Waals surface area contributed by atoms with E-state index in [1.54, 1.807) is 24.9 Å². The quantitative estimate of drug-likeness (QED) is 0.769. The van der Waals surface area contributed by atoms with Crippen molar-refractivity contribution in [3.63, 3.8) is 0 Å². The topological polar surface area (TPSA) is 62.2 Å². The molecule has 21 heavy (non-hydrogen) atoms. The molecule has 0 spiro atoms. The van der Waals surface area contributed by atoms with Crippen LogP contribution in [0.3, 0.4) is 0 Å². The van der Waals surface area contributed by atoms with Gasteiger partial charge in [0.1, 0.15) is 5.60 Å². The minimum absolute atomic E-state index is 0.0612. The number of nitrogens with one attached hydrogen (secondary N) is 1. The number of nitrogens with zero attached hydrogens (tertiary/aromatic N) is 1. The lowest BCUT2D eigenvalue weighted by Crippen LogP contribution is -2.38. The van der Waals surface area contributed by atoms with Crippen LogP contribution < -0.4 is 5.32 Å². The first-order chi connectivity index (χ1) is 10.1. The second kappa shape index (κ2) is 7.59. The Labute approximate surface area is 132 Å². The van der Waals surface area contributed by atoms with Crippen LogP contribution in [0.15, 0.2) is 46.2 Å². The molecular formula is C15H18N2O2S2. The molecule has 0 saturated carbocycles. The van der Waals surface area contributed by atoms with E-state index >= 15 is 0 Å². The molecule has 1 amide bonds. The summed E-state index contributed by atoms with van der Waals surface area (Å²) in [6, 6.07) is 7.58. The van der Waals surface area contributed by atoms with E-state index in [9.17, 15) is 9.90 Å². The summed E-state index contributed by atoms with van der Waals surface area (Å²) < 4.78 is 0. The third-order valence-electron chi connectivity index (χ3n) is 2.99. The molecule has 2 aromatic rings. The molecule has 0 bridgehead atoms. The molecule has 2 rings (SSSR count). The van der Waals surface area contributed by atoms with Crippen molar-refractivity contribution in [3.8, 4) is 0 Å². The lowest BCUT2D eigenvalue weighted by Gasteiger charge is -2.22. The molecule has 1 unspecified atom stereocenters. The molecule has 0 fully saturated rings. The summed E-state index contributed by atoms with van der Waals surface area (Å²) in [5.41, 5.74) is -0.195. The number of rotatable bonds is 7. The number of aliphatic hydroxyl groups is 1. The van der Waals surface area contributed by atoms with Crippen LogP contribution in [0, 0.1) is 0 Å². The van der Waals surface area contributed by atoms with Gasteiger partial charge in [-0.25, -0.2) is 4.98 Å². The molecule has 0 aliphatic carbocycles. The summed E-state index contributed by atoms with van der Waals surface area (Å²) in [5, 5.41) is 17.8. The number of aromatic nitrogens is 1. The van der Waals surface area contributed by atoms with Gasteiger partial charge >= 0.3 is 0 Å². The zero-order valence-corrected chi connectivity index (χ0v) is 13.4. The van der Waals surface area contributed by atoms with Crippen molar-refractivity contribution in [2.75, 3.05) is 12.3 Å². The molecular weight excluding hydrogens is 304 g/mol. The maximum atomic E-state index is 11.8. The Morgan fingerprint density at radius 2 is 2.33 bits per heavy atom. The Kier molecular flexibility index (Phi) is 5.78. The van der Waals surface area contributed by atoms with Gasteiger partial charge < -0.3 is 10.4 Å². The molecule has 0 aliphatic rings. The van der Waals surface area contributed by atoms with Gasteiger partial charge in [-0.3, -0.25) is 4.79 Å². The van der Waals surface area contributed by atoms with E-state index in [0.29, 0.717) is 12.2 Å². The average Bonchev–Trinajstić information content (AvgIpc) is 3.01. The highest BCUT2D eigenvalue weighted by molar-refractivity contribution is 7.99. The van der Waals surface area contributed by atoms with Crippen LogP contribution in [0.2, 0.25) is 0 Å². The summed E-state index contributed by atoms with van der Waals surface area (Å²) in [5.74, 6) is 0.609. The van der Waals surface area contributed by atoms with Crippen LogP contribution in [-0.4, -0.2) is 28.3 Å². The summed E-state index contributed by atoms with van der Waals surface area (Å²) in [7, 11) is 0. The maximum Gasteiger partial charge on any atom is 0.220 e. The highest BCUT2D eigenvalue weighted by Gasteiger charge is 2.23. The van der Waals surface area contributed by atoms with Gasteiger partial charge in [-0.15, -0.1) is 11.8 Å². The molecule has 1 atom stereocenters. The Bertz CT molecular complexity index is 556. The van der Waals surface area contributed by atoms with Gasteiger partial charge in [-0.05, 0) is 41.4 Å². The van der Waals surface area contributed by atoms with E-state index in [1.807, 2.05) is 35.0 Å². The van der Waals surface area contributed by atoms with Crippen molar-refractivity contribution in [1.29, 1.82) is 0 Å². The van der Waals surface area contributed by atoms with E-state index in [0.717, 1.165) is 10.6 Å². The number of pyridine rings is 1. The predicted molar refractivity (Wildman–Crippen MR) is 86.5 cm³/mol. The molecule has 2 N–H and O–H groups in total. The van der Waals surface area contributed by atoms with Gasteiger partial charge in [0.2, 0.25) is 5.91 Å². The van der Waals surface area contributed by atoms with E-state index in [4.69, 9.17) is 0 Å². The van der Waals surface area contributed by atoms with Crippen molar-refractivity contribution in [2.45, 2.75) is 24.0 Å². The van der Waals surface area contributed by atoms with Gasteiger partial charge in [-0.2, -0.15) is 11.3 Å². The lowest BCUT2D eigenvalue weighted by atomic mass is 9.99. The minimum Gasteiger partial charge on any atom is -0.384 e. The molecule has 2 aromatic heterocycles. The fraction of sp³-hybridized carbons (Fsp3) is 0.333. The number of thiophene rings is 1. The Morgan fingerprint density at radius 1 is 1.48 bits per heavy atom. The van der Waals surface area contributed by atoms with Crippen molar-refractivity contribution < 1.29 is 9.90 Å². The van der Waals surface area contributed by atoms with E-state index < -0.39 is 5.60 Å². The normalized spacial score (nSPS) is 13.6. The monoisotopic (exact) mass is 322 g/mol. The highest BCUT2D eigenvalue weighted by atomic mass is 32.2. The number of hydrogen-bond acceptors (Lipinski definition) is 5. The zero-order valence-electron chi connectivity index (χ0n) is 11.8. The van der Waals surface area contributed by atoms with Crippen molar-refractivity contribution in [2.24, 2.45) is 0 Å². The third kappa shape index (κ3) is 5.15. The van der Waals surface area contributed by atoms with Crippen LogP contribution in [-0.2, 0) is 10.4 Å². The van der Waals surface area contributed by atoms with Crippen LogP contribution >= 0.6 is 23.1 Å². The fourth-order valence-electron chi connectivity index (χ4n) is 1.71. The third-order valence-corrected chi connectivity index (χ3v) is 4.62. The van der Waals surface area contributed by atoms with Gasteiger partial charge in [-0.1, -0.05) is 6.07 Å². The van der Waals surface area contributed by atoms with E-state index in [1.165, 1.54) is 11.3 Å². The first kappa shape index (κ1) is 16.0. The largest absolute Gasteiger partial charge is 0.384 e. The lowest BCUT2D eigenvalue weighted by molar-refractivity contribution is -0.121. The van der Waals surface area contributed by atoms with Crippen molar-refractivity contribution in [3.05, 3.63) is 46.8 Å². The van der Waals surface area contributed by atoms with Crippen LogP contribution in [0.5, 0.6) is 0 Å². The second-order valence-corrected chi connectivity index (χ2v) is 6.72. The number of amides is 1. The van der Waals surface area contributed by atoms with Gasteiger partial charge in [0.05, 0.1) is 11.6 Å². The van der Waals surface area contributed by atoms with E-state index in [2.05, 4.69) is 10.3 Å². The summed E-state index contributed by atoms with van der Waals surface area (Å²) in [6.45, 7) is 1.93. The zero-order chi connectivity index (χ0) is 15.1. The molecule has 4 nitrogen and oxygen atoms in total. The summed E-state index contributed by atoms with van der Waals surface area (Å²) in [4.78, 5) is 16.0. The molecule has 0 radical (unpaired) electrons. The van der Waals surface area contributed by atoms with Crippen LogP contribution in [0.1, 0.15) is 18.9 Å². The van der Waals surface area contributed by atoms with Gasteiger partial charge in [0, 0.05) is 18.4 Å². The second-order valence-electron chi connectivity index (χ2n) is 4.83. The summed E-state index contributed by atoms with van der Waals surface area (Å²) in [6.07, 6.45) is 2.14. The molecule has 0 saturated heterocycles. The maximum absolute atomic E-state index is 11.8. The number of thioether (sulfide) groups is 1. The van der Waals surface area contributed by atoms with Crippen molar-refractivity contribution in [1.82, 2.24) is 10.3 Å². The number of hydrogen-bond donors (Lipinski definition) is 2. The number of carbonyl (C=O) groups excluding carboxylic acids is 1.